The second kappa shape index (κ2) is 2.88. The fourth-order valence-corrected chi connectivity index (χ4v) is 2.01. The Hall–Kier alpha value is -1.76. The summed E-state index contributed by atoms with van der Waals surface area (Å²) in [5.74, 6) is 0. The topological polar surface area (TPSA) is 12.0 Å². The van der Waals surface area contributed by atoms with E-state index in [-0.39, 0.29) is 0 Å². The number of allylic oxidation sites excluding steroid dienone is 3. The Kier molecular flexibility index (Phi) is 1.57. The van der Waals surface area contributed by atoms with Crippen molar-refractivity contribution < 1.29 is 0 Å². The first-order chi connectivity index (χ1) is 6.95. The van der Waals surface area contributed by atoms with Gasteiger partial charge in [0.1, 0.15) is 0 Å². The van der Waals surface area contributed by atoms with Gasteiger partial charge >= 0.3 is 0 Å². The first-order valence-corrected chi connectivity index (χ1v) is 4.87. The highest BCUT2D eigenvalue weighted by molar-refractivity contribution is 5.96. The lowest BCUT2D eigenvalue weighted by Gasteiger charge is -2.01. The fourth-order valence-electron chi connectivity index (χ4n) is 2.01. The van der Waals surface area contributed by atoms with Crippen molar-refractivity contribution in [2.24, 2.45) is 0 Å². The van der Waals surface area contributed by atoms with E-state index in [0.29, 0.717) is 0 Å². The van der Waals surface area contributed by atoms with Gasteiger partial charge in [0.05, 0.1) is 0 Å². The summed E-state index contributed by atoms with van der Waals surface area (Å²) in [7, 11) is 0. The SMILES string of the molecule is C1=CC2=Cc3ccccc3C2=CCN1. The second-order valence-corrected chi connectivity index (χ2v) is 3.55. The van der Waals surface area contributed by atoms with Crippen LogP contribution in [0.1, 0.15) is 11.1 Å². The van der Waals surface area contributed by atoms with Crippen molar-refractivity contribution in [3.05, 3.63) is 59.3 Å². The first-order valence-electron chi connectivity index (χ1n) is 4.87. The van der Waals surface area contributed by atoms with Crippen molar-refractivity contribution in [3.63, 3.8) is 0 Å². The minimum Gasteiger partial charge on any atom is -0.387 e. The zero-order valence-corrected chi connectivity index (χ0v) is 7.83. The van der Waals surface area contributed by atoms with E-state index in [2.05, 4.69) is 47.8 Å². The zero-order chi connectivity index (χ0) is 9.38. The number of fused-ring (bicyclic) bond motifs is 3. The van der Waals surface area contributed by atoms with Crippen molar-refractivity contribution in [3.8, 4) is 0 Å². The van der Waals surface area contributed by atoms with E-state index in [1.807, 2.05) is 6.20 Å². The van der Waals surface area contributed by atoms with Crippen LogP contribution in [-0.4, -0.2) is 6.54 Å². The van der Waals surface area contributed by atoms with E-state index in [1.165, 1.54) is 22.3 Å². The molecule has 1 heterocycles. The summed E-state index contributed by atoms with van der Waals surface area (Å²) in [6.07, 6.45) is 8.64. The van der Waals surface area contributed by atoms with Crippen molar-refractivity contribution in [1.82, 2.24) is 5.32 Å². The molecule has 0 aromatic heterocycles. The molecule has 2 aliphatic rings. The molecule has 0 fully saturated rings. The molecule has 0 unspecified atom stereocenters. The van der Waals surface area contributed by atoms with E-state index in [0.717, 1.165) is 6.54 Å². The first kappa shape index (κ1) is 7.63. The zero-order valence-electron chi connectivity index (χ0n) is 7.83. The molecule has 0 atom stereocenters. The number of hydrogen-bond acceptors (Lipinski definition) is 1. The van der Waals surface area contributed by atoms with Crippen LogP contribution in [0.3, 0.4) is 0 Å². The predicted molar refractivity (Wildman–Crippen MR) is 59.5 cm³/mol. The van der Waals surface area contributed by atoms with Gasteiger partial charge in [-0.3, -0.25) is 0 Å². The lowest BCUT2D eigenvalue weighted by Crippen LogP contribution is -2.01. The predicted octanol–water partition coefficient (Wildman–Crippen LogP) is 2.58. The summed E-state index contributed by atoms with van der Waals surface area (Å²) < 4.78 is 0. The Bertz CT molecular complexity index is 464. The van der Waals surface area contributed by atoms with Crippen LogP contribution >= 0.6 is 0 Å². The number of nitrogens with one attached hydrogen (secondary N) is 1. The molecule has 0 bridgehead atoms. The maximum Gasteiger partial charge on any atom is 0.0334 e. The minimum atomic E-state index is 0.914. The maximum atomic E-state index is 3.21. The Labute approximate surface area is 83.5 Å². The molecule has 14 heavy (non-hydrogen) atoms. The average molecular weight is 181 g/mol. The normalized spacial score (nSPS) is 17.4. The maximum absolute atomic E-state index is 3.21. The van der Waals surface area contributed by atoms with Gasteiger partial charge in [0.2, 0.25) is 0 Å². The summed E-state index contributed by atoms with van der Waals surface area (Å²) in [6, 6.07) is 8.53. The number of rotatable bonds is 0. The van der Waals surface area contributed by atoms with E-state index < -0.39 is 0 Å². The van der Waals surface area contributed by atoms with E-state index in [9.17, 15) is 0 Å². The lowest BCUT2D eigenvalue weighted by atomic mass is 10.0. The summed E-state index contributed by atoms with van der Waals surface area (Å²) in [6.45, 7) is 0.914. The average Bonchev–Trinajstić information content (AvgIpc) is 2.42. The van der Waals surface area contributed by atoms with E-state index in [4.69, 9.17) is 0 Å². The van der Waals surface area contributed by atoms with Gasteiger partial charge in [-0.2, -0.15) is 0 Å². The highest BCUT2D eigenvalue weighted by Gasteiger charge is 2.16. The second-order valence-electron chi connectivity index (χ2n) is 3.55. The van der Waals surface area contributed by atoms with Crippen LogP contribution < -0.4 is 5.32 Å². The van der Waals surface area contributed by atoms with Crippen LogP contribution in [-0.2, 0) is 0 Å². The van der Waals surface area contributed by atoms with Crippen molar-refractivity contribution >= 4 is 11.6 Å². The summed E-state index contributed by atoms with van der Waals surface area (Å²) in [4.78, 5) is 0. The standard InChI is InChI=1S/C13H11N/c1-2-4-12-10(3-1)9-11-5-7-14-8-6-13(11)12/h1-7,9,14H,8H2. The largest absolute Gasteiger partial charge is 0.387 e. The Morgan fingerprint density at radius 1 is 1.14 bits per heavy atom. The third kappa shape index (κ3) is 1.02. The molecule has 0 saturated heterocycles. The summed E-state index contributed by atoms with van der Waals surface area (Å²) in [5, 5.41) is 3.21. The molecule has 0 saturated carbocycles. The quantitative estimate of drug-likeness (QED) is 0.648. The van der Waals surface area contributed by atoms with Gasteiger partial charge in [0.25, 0.3) is 0 Å². The highest BCUT2D eigenvalue weighted by atomic mass is 14.8. The molecule has 0 radical (unpaired) electrons. The van der Waals surface area contributed by atoms with Crippen molar-refractivity contribution in [2.45, 2.75) is 0 Å². The van der Waals surface area contributed by atoms with Gasteiger partial charge in [-0.05, 0) is 40.6 Å². The lowest BCUT2D eigenvalue weighted by molar-refractivity contribution is 0.992. The fraction of sp³-hybridized carbons (Fsp3) is 0.0769. The Balaban J connectivity index is 2.22. The molecule has 1 heteroatoms. The van der Waals surface area contributed by atoms with Crippen LogP contribution in [0.2, 0.25) is 0 Å². The van der Waals surface area contributed by atoms with Gasteiger partial charge < -0.3 is 5.32 Å². The van der Waals surface area contributed by atoms with Gasteiger partial charge in [0, 0.05) is 6.54 Å². The number of hydrogen-bond donors (Lipinski definition) is 1. The smallest absolute Gasteiger partial charge is 0.0334 e. The molecule has 1 aliphatic heterocycles. The van der Waals surface area contributed by atoms with Crippen LogP contribution in [0.5, 0.6) is 0 Å². The number of benzene rings is 1. The molecule has 1 nitrogen and oxygen atoms in total. The van der Waals surface area contributed by atoms with Gasteiger partial charge in [-0.25, -0.2) is 0 Å². The molecular formula is C13H11N. The van der Waals surface area contributed by atoms with Crippen LogP contribution in [0.4, 0.5) is 0 Å². The molecule has 1 aromatic carbocycles. The van der Waals surface area contributed by atoms with E-state index in [1.54, 1.807) is 0 Å². The Morgan fingerprint density at radius 2 is 2.07 bits per heavy atom. The summed E-state index contributed by atoms with van der Waals surface area (Å²) in [5.41, 5.74) is 5.37. The molecule has 0 amide bonds. The van der Waals surface area contributed by atoms with Crippen molar-refractivity contribution in [1.29, 1.82) is 0 Å². The third-order valence-corrected chi connectivity index (χ3v) is 2.68. The molecule has 0 spiro atoms. The minimum absolute atomic E-state index is 0.914. The summed E-state index contributed by atoms with van der Waals surface area (Å²) >= 11 is 0. The van der Waals surface area contributed by atoms with Crippen LogP contribution in [0.25, 0.3) is 11.6 Å². The molecular weight excluding hydrogens is 170 g/mol. The van der Waals surface area contributed by atoms with E-state index >= 15 is 0 Å². The van der Waals surface area contributed by atoms with Gasteiger partial charge in [-0.15, -0.1) is 0 Å². The molecule has 1 aromatic rings. The Morgan fingerprint density at radius 3 is 3.07 bits per heavy atom. The van der Waals surface area contributed by atoms with Gasteiger partial charge in [-0.1, -0.05) is 30.3 Å². The van der Waals surface area contributed by atoms with Gasteiger partial charge in [0.15, 0.2) is 0 Å². The monoisotopic (exact) mass is 181 g/mol. The third-order valence-electron chi connectivity index (χ3n) is 2.68. The van der Waals surface area contributed by atoms with Crippen LogP contribution in [0, 0.1) is 0 Å². The van der Waals surface area contributed by atoms with Crippen molar-refractivity contribution in [2.75, 3.05) is 6.54 Å². The molecule has 1 aliphatic carbocycles. The molecule has 1 N–H and O–H groups in total. The van der Waals surface area contributed by atoms with Crippen LogP contribution in [0.15, 0.2) is 48.2 Å². The molecule has 68 valence electrons. The molecule has 3 rings (SSSR count). The highest BCUT2D eigenvalue weighted by Crippen LogP contribution is 2.36.